The number of halogens is 3. The minimum Gasteiger partial charge on any atom is -0.376 e. The summed E-state index contributed by atoms with van der Waals surface area (Å²) in [4.78, 5) is 23.2. The van der Waals surface area contributed by atoms with E-state index in [9.17, 15) is 22.8 Å². The third-order valence-electron chi connectivity index (χ3n) is 3.19. The van der Waals surface area contributed by atoms with Gasteiger partial charge >= 0.3 is 18.0 Å². The Hall–Kier alpha value is -2.09. The number of carbonyl (C=O) groups excluding carboxylic acids is 2. The Bertz CT molecular complexity index is 537. The Labute approximate surface area is 124 Å². The molecule has 2 N–H and O–H groups in total. The zero-order valence-corrected chi connectivity index (χ0v) is 11.6. The number of rotatable bonds is 3. The number of benzene rings is 1. The fourth-order valence-corrected chi connectivity index (χ4v) is 2.02. The van der Waals surface area contributed by atoms with Gasteiger partial charge in [0.15, 0.2) is 0 Å². The molecule has 0 aliphatic carbocycles. The van der Waals surface area contributed by atoms with Crippen molar-refractivity contribution in [1.82, 2.24) is 5.32 Å². The highest BCUT2D eigenvalue weighted by Crippen LogP contribution is 2.29. The quantitative estimate of drug-likeness (QED) is 0.838. The Morgan fingerprint density at radius 2 is 1.86 bits per heavy atom. The maximum atomic E-state index is 12.4. The molecule has 1 saturated heterocycles. The van der Waals surface area contributed by atoms with Crippen molar-refractivity contribution >= 4 is 17.5 Å². The first kappa shape index (κ1) is 16.3. The van der Waals surface area contributed by atoms with Gasteiger partial charge in [0.25, 0.3) is 0 Å². The lowest BCUT2D eigenvalue weighted by Crippen LogP contribution is -2.39. The van der Waals surface area contributed by atoms with Crippen LogP contribution in [0.4, 0.5) is 18.9 Å². The number of hydrogen-bond donors (Lipinski definition) is 2. The van der Waals surface area contributed by atoms with E-state index in [1.165, 1.54) is 0 Å². The van der Waals surface area contributed by atoms with Crippen LogP contribution < -0.4 is 10.6 Å². The van der Waals surface area contributed by atoms with E-state index >= 15 is 0 Å². The Morgan fingerprint density at radius 1 is 1.18 bits per heavy atom. The molecule has 0 saturated carbocycles. The molecular weight excluding hydrogens is 301 g/mol. The molecule has 1 aromatic carbocycles. The number of nitrogens with one attached hydrogen (secondary N) is 2. The molecule has 1 atom stereocenters. The van der Waals surface area contributed by atoms with Crippen molar-refractivity contribution in [2.24, 2.45) is 0 Å². The molecule has 5 nitrogen and oxygen atoms in total. The van der Waals surface area contributed by atoms with Crippen molar-refractivity contribution in [3.8, 4) is 0 Å². The molecule has 1 aliphatic heterocycles. The highest BCUT2D eigenvalue weighted by atomic mass is 19.4. The monoisotopic (exact) mass is 316 g/mol. The molecule has 1 unspecified atom stereocenters. The van der Waals surface area contributed by atoms with Crippen LogP contribution in [0.25, 0.3) is 0 Å². The fourth-order valence-electron chi connectivity index (χ4n) is 2.02. The van der Waals surface area contributed by atoms with Gasteiger partial charge in [-0.25, -0.2) is 0 Å². The lowest BCUT2D eigenvalue weighted by Gasteiger charge is -2.11. The number of amides is 2. The second-order valence-corrected chi connectivity index (χ2v) is 4.87. The summed E-state index contributed by atoms with van der Waals surface area (Å²) >= 11 is 0. The largest absolute Gasteiger partial charge is 0.416 e. The lowest BCUT2D eigenvalue weighted by atomic mass is 10.2. The summed E-state index contributed by atoms with van der Waals surface area (Å²) < 4.78 is 42.5. The van der Waals surface area contributed by atoms with E-state index in [0.717, 1.165) is 37.1 Å². The molecule has 2 rings (SSSR count). The van der Waals surface area contributed by atoms with Gasteiger partial charge in [-0.05, 0) is 37.1 Å². The molecule has 0 radical (unpaired) electrons. The van der Waals surface area contributed by atoms with Crippen LogP contribution in [0.3, 0.4) is 0 Å². The first-order chi connectivity index (χ1) is 10.4. The second kappa shape index (κ2) is 6.78. The minimum atomic E-state index is -4.44. The average molecular weight is 316 g/mol. The van der Waals surface area contributed by atoms with E-state index in [2.05, 4.69) is 10.6 Å². The van der Waals surface area contributed by atoms with E-state index in [4.69, 9.17) is 4.74 Å². The number of carbonyl (C=O) groups is 2. The zero-order chi connectivity index (χ0) is 16.2. The van der Waals surface area contributed by atoms with Gasteiger partial charge < -0.3 is 15.4 Å². The molecule has 1 heterocycles. The van der Waals surface area contributed by atoms with Gasteiger partial charge in [0, 0.05) is 18.8 Å². The molecule has 0 aromatic heterocycles. The minimum absolute atomic E-state index is 0.0946. The number of anilines is 1. The van der Waals surface area contributed by atoms with Crippen molar-refractivity contribution in [2.45, 2.75) is 25.1 Å². The van der Waals surface area contributed by atoms with Gasteiger partial charge in [-0.15, -0.1) is 0 Å². The fraction of sp³-hybridized carbons (Fsp3) is 0.429. The Morgan fingerprint density at radius 3 is 2.41 bits per heavy atom. The van der Waals surface area contributed by atoms with Gasteiger partial charge in [0.05, 0.1) is 11.7 Å². The van der Waals surface area contributed by atoms with Gasteiger partial charge in [-0.1, -0.05) is 0 Å². The van der Waals surface area contributed by atoms with Gasteiger partial charge in [0.1, 0.15) is 0 Å². The summed E-state index contributed by atoms with van der Waals surface area (Å²) in [6.45, 7) is 0.873. The predicted molar refractivity (Wildman–Crippen MR) is 72.1 cm³/mol. The van der Waals surface area contributed by atoms with Crippen LogP contribution in [0.2, 0.25) is 0 Å². The molecule has 0 spiro atoms. The standard InChI is InChI=1S/C14H15F3N2O3/c15-14(16,17)9-3-5-10(6-4-9)19-13(21)12(20)18-8-11-2-1-7-22-11/h3-6,11H,1-2,7-8H2,(H,18,20)(H,19,21). The summed E-state index contributed by atoms with van der Waals surface area (Å²) in [6.07, 6.45) is -2.80. The number of hydrogen-bond acceptors (Lipinski definition) is 3. The van der Waals surface area contributed by atoms with Gasteiger partial charge in [-0.2, -0.15) is 13.2 Å². The van der Waals surface area contributed by atoms with Gasteiger partial charge in [0.2, 0.25) is 0 Å². The molecule has 1 fully saturated rings. The molecular formula is C14H15F3N2O3. The summed E-state index contributed by atoms with van der Waals surface area (Å²) in [5.41, 5.74) is -0.710. The molecule has 1 aromatic rings. The lowest BCUT2D eigenvalue weighted by molar-refractivity contribution is -0.137. The summed E-state index contributed by atoms with van der Waals surface area (Å²) in [7, 11) is 0. The number of alkyl halides is 3. The molecule has 0 bridgehead atoms. The molecule has 22 heavy (non-hydrogen) atoms. The zero-order valence-electron chi connectivity index (χ0n) is 11.6. The van der Waals surface area contributed by atoms with E-state index in [-0.39, 0.29) is 18.3 Å². The predicted octanol–water partition coefficient (Wildman–Crippen LogP) is 1.94. The van der Waals surface area contributed by atoms with Crippen LogP contribution in [-0.2, 0) is 20.5 Å². The molecule has 2 amide bonds. The summed E-state index contributed by atoms with van der Waals surface area (Å²) in [5, 5.41) is 4.66. The van der Waals surface area contributed by atoms with Crippen LogP contribution in [-0.4, -0.2) is 31.1 Å². The first-order valence-electron chi connectivity index (χ1n) is 6.74. The van der Waals surface area contributed by atoms with E-state index in [1.807, 2.05) is 0 Å². The molecule has 120 valence electrons. The van der Waals surface area contributed by atoms with Crippen LogP contribution in [0, 0.1) is 0 Å². The second-order valence-electron chi connectivity index (χ2n) is 4.87. The highest BCUT2D eigenvalue weighted by Gasteiger charge is 2.30. The summed E-state index contributed by atoms with van der Waals surface area (Å²) in [5.74, 6) is -1.78. The maximum Gasteiger partial charge on any atom is 0.416 e. The molecule has 8 heteroatoms. The third-order valence-corrected chi connectivity index (χ3v) is 3.19. The third kappa shape index (κ3) is 4.45. The average Bonchev–Trinajstić information content (AvgIpc) is 2.97. The van der Waals surface area contributed by atoms with Crippen molar-refractivity contribution in [3.63, 3.8) is 0 Å². The van der Waals surface area contributed by atoms with E-state index in [0.29, 0.717) is 6.61 Å². The topological polar surface area (TPSA) is 67.4 Å². The van der Waals surface area contributed by atoms with Crippen molar-refractivity contribution in [2.75, 3.05) is 18.5 Å². The Balaban J connectivity index is 1.84. The molecule has 1 aliphatic rings. The van der Waals surface area contributed by atoms with Crippen molar-refractivity contribution in [1.29, 1.82) is 0 Å². The van der Waals surface area contributed by atoms with Crippen LogP contribution in [0.15, 0.2) is 24.3 Å². The van der Waals surface area contributed by atoms with Crippen molar-refractivity contribution < 1.29 is 27.5 Å². The van der Waals surface area contributed by atoms with E-state index in [1.54, 1.807) is 0 Å². The van der Waals surface area contributed by atoms with Crippen LogP contribution in [0.5, 0.6) is 0 Å². The smallest absolute Gasteiger partial charge is 0.376 e. The van der Waals surface area contributed by atoms with E-state index < -0.39 is 23.6 Å². The highest BCUT2D eigenvalue weighted by molar-refractivity contribution is 6.39. The normalized spacial score (nSPS) is 18.0. The maximum absolute atomic E-state index is 12.4. The van der Waals surface area contributed by atoms with Gasteiger partial charge in [-0.3, -0.25) is 9.59 Å². The van der Waals surface area contributed by atoms with Crippen molar-refractivity contribution in [3.05, 3.63) is 29.8 Å². The van der Waals surface area contributed by atoms with Crippen LogP contribution in [0.1, 0.15) is 18.4 Å². The summed E-state index contributed by atoms with van der Waals surface area (Å²) in [6, 6.07) is 3.85. The van der Waals surface area contributed by atoms with Crippen LogP contribution >= 0.6 is 0 Å². The first-order valence-corrected chi connectivity index (χ1v) is 6.74. The Kier molecular flexibility index (Phi) is 5.02. The number of ether oxygens (including phenoxy) is 1. The SMILES string of the molecule is O=C(NCC1CCCO1)C(=O)Nc1ccc(C(F)(F)F)cc1.